The first-order chi connectivity index (χ1) is 10.8. The zero-order valence-electron chi connectivity index (χ0n) is 14.5. The van der Waals surface area contributed by atoms with Crippen LogP contribution < -0.4 is 11.1 Å². The Kier molecular flexibility index (Phi) is 4.79. The largest absolute Gasteiger partial charge is 0.349 e. The Hall–Kier alpha value is -0.940. The molecular weight excluding hydrogens is 306 g/mol. The summed E-state index contributed by atoms with van der Waals surface area (Å²) in [5, 5.41) is 6.20. The summed E-state index contributed by atoms with van der Waals surface area (Å²) < 4.78 is 0. The van der Waals surface area contributed by atoms with E-state index in [0.717, 1.165) is 23.5 Å². The molecule has 4 nitrogen and oxygen atoms in total. The second-order valence-electron chi connectivity index (χ2n) is 8.29. The summed E-state index contributed by atoms with van der Waals surface area (Å²) in [7, 11) is 0. The van der Waals surface area contributed by atoms with E-state index in [1.54, 1.807) is 11.3 Å². The Labute approximate surface area is 143 Å². The van der Waals surface area contributed by atoms with Crippen LogP contribution >= 0.6 is 11.3 Å². The predicted molar refractivity (Wildman–Crippen MR) is 94.2 cm³/mol. The van der Waals surface area contributed by atoms with Crippen molar-refractivity contribution in [2.75, 3.05) is 0 Å². The lowest BCUT2D eigenvalue weighted by Gasteiger charge is -2.43. The highest BCUT2D eigenvalue weighted by atomic mass is 32.1. The number of thiazole rings is 1. The topological polar surface area (TPSA) is 68.0 Å². The lowest BCUT2D eigenvalue weighted by molar-refractivity contribution is -0.128. The summed E-state index contributed by atoms with van der Waals surface area (Å²) in [5.41, 5.74) is 7.48. The van der Waals surface area contributed by atoms with Crippen molar-refractivity contribution in [3.8, 4) is 0 Å². The van der Waals surface area contributed by atoms with E-state index in [-0.39, 0.29) is 17.2 Å². The minimum atomic E-state index is 0.0652. The van der Waals surface area contributed by atoms with Crippen LogP contribution in [0.4, 0.5) is 0 Å². The Balaban J connectivity index is 1.55. The van der Waals surface area contributed by atoms with E-state index < -0.39 is 0 Å². The SMILES string of the molecule is CC(C)(C)c1csc(CNC(=O)C2CC3CCCC(C2)C3N)n1. The van der Waals surface area contributed by atoms with Gasteiger partial charge in [-0.1, -0.05) is 27.2 Å². The number of amides is 1. The highest BCUT2D eigenvalue weighted by Gasteiger charge is 2.40. The number of hydrogen-bond acceptors (Lipinski definition) is 4. The molecule has 2 aliphatic carbocycles. The van der Waals surface area contributed by atoms with E-state index in [4.69, 9.17) is 5.73 Å². The number of carbonyl (C=O) groups is 1. The summed E-state index contributed by atoms with van der Waals surface area (Å²) in [6.45, 7) is 7.04. The molecule has 3 N–H and O–H groups in total. The third-order valence-electron chi connectivity index (χ3n) is 5.52. The van der Waals surface area contributed by atoms with Crippen LogP contribution in [0.1, 0.15) is 63.6 Å². The minimum Gasteiger partial charge on any atom is -0.349 e. The van der Waals surface area contributed by atoms with E-state index >= 15 is 0 Å². The van der Waals surface area contributed by atoms with Crippen molar-refractivity contribution in [3.63, 3.8) is 0 Å². The number of rotatable bonds is 3. The van der Waals surface area contributed by atoms with Crippen molar-refractivity contribution < 1.29 is 4.79 Å². The molecule has 2 fully saturated rings. The van der Waals surface area contributed by atoms with E-state index in [1.165, 1.54) is 19.3 Å². The molecule has 128 valence electrons. The maximum atomic E-state index is 12.5. The van der Waals surface area contributed by atoms with Crippen LogP contribution in [0.25, 0.3) is 0 Å². The van der Waals surface area contributed by atoms with Gasteiger partial charge < -0.3 is 11.1 Å². The zero-order valence-corrected chi connectivity index (χ0v) is 15.3. The van der Waals surface area contributed by atoms with Crippen LogP contribution in [-0.4, -0.2) is 16.9 Å². The van der Waals surface area contributed by atoms with Crippen molar-refractivity contribution in [2.45, 2.75) is 70.9 Å². The first-order valence-corrected chi connectivity index (χ1v) is 9.70. The number of nitrogens with two attached hydrogens (primary N) is 1. The fraction of sp³-hybridized carbons (Fsp3) is 0.778. The quantitative estimate of drug-likeness (QED) is 0.891. The number of fused-ring (bicyclic) bond motifs is 2. The molecule has 2 bridgehead atoms. The van der Waals surface area contributed by atoms with Crippen LogP contribution in [0.5, 0.6) is 0 Å². The number of aromatic nitrogens is 1. The van der Waals surface area contributed by atoms with E-state index in [0.29, 0.717) is 24.4 Å². The lowest BCUT2D eigenvalue weighted by atomic mass is 9.65. The molecule has 0 aromatic carbocycles. The van der Waals surface area contributed by atoms with Crippen LogP contribution in [0.3, 0.4) is 0 Å². The lowest BCUT2D eigenvalue weighted by Crippen LogP contribution is -2.49. The van der Waals surface area contributed by atoms with Crippen molar-refractivity contribution in [3.05, 3.63) is 16.1 Å². The summed E-state index contributed by atoms with van der Waals surface area (Å²) >= 11 is 1.64. The molecule has 1 heterocycles. The predicted octanol–water partition coefficient (Wildman–Crippen LogP) is 3.21. The van der Waals surface area contributed by atoms with Crippen LogP contribution in [0, 0.1) is 17.8 Å². The van der Waals surface area contributed by atoms with Crippen molar-refractivity contribution in [2.24, 2.45) is 23.5 Å². The van der Waals surface area contributed by atoms with Gasteiger partial charge in [-0.25, -0.2) is 4.98 Å². The maximum Gasteiger partial charge on any atom is 0.223 e. The van der Waals surface area contributed by atoms with Gasteiger partial charge in [0.25, 0.3) is 0 Å². The van der Waals surface area contributed by atoms with Crippen molar-refractivity contribution >= 4 is 17.2 Å². The second-order valence-corrected chi connectivity index (χ2v) is 9.23. The molecular formula is C18H29N3OS. The molecule has 0 aliphatic heterocycles. The third-order valence-corrected chi connectivity index (χ3v) is 6.37. The van der Waals surface area contributed by atoms with Gasteiger partial charge in [-0.05, 0) is 37.5 Å². The van der Waals surface area contributed by atoms with Gasteiger partial charge in [0.2, 0.25) is 5.91 Å². The van der Waals surface area contributed by atoms with Gasteiger partial charge in [-0.3, -0.25) is 4.79 Å². The standard InChI is InChI=1S/C18H29N3OS/c1-18(2,3)14-10-23-15(21-14)9-20-17(22)13-7-11-5-4-6-12(8-13)16(11)19/h10-13,16H,4-9,19H2,1-3H3,(H,20,22). The monoisotopic (exact) mass is 335 g/mol. The van der Waals surface area contributed by atoms with Gasteiger partial charge in [-0.15, -0.1) is 11.3 Å². The van der Waals surface area contributed by atoms with Crippen LogP contribution in [0.2, 0.25) is 0 Å². The second kappa shape index (κ2) is 6.52. The average Bonchev–Trinajstić information content (AvgIpc) is 2.93. The molecule has 2 unspecified atom stereocenters. The van der Waals surface area contributed by atoms with Crippen LogP contribution in [-0.2, 0) is 16.8 Å². The molecule has 23 heavy (non-hydrogen) atoms. The highest BCUT2D eigenvalue weighted by Crippen LogP contribution is 2.41. The summed E-state index contributed by atoms with van der Waals surface area (Å²) in [4.78, 5) is 17.2. The number of nitrogens with one attached hydrogen (secondary N) is 1. The van der Waals surface area contributed by atoms with E-state index in [2.05, 4.69) is 36.5 Å². The Morgan fingerprint density at radius 3 is 2.57 bits per heavy atom. The molecule has 5 heteroatoms. The highest BCUT2D eigenvalue weighted by molar-refractivity contribution is 7.09. The summed E-state index contributed by atoms with van der Waals surface area (Å²) in [5.74, 6) is 1.43. The maximum absolute atomic E-state index is 12.5. The smallest absolute Gasteiger partial charge is 0.223 e. The van der Waals surface area contributed by atoms with Gasteiger partial charge in [-0.2, -0.15) is 0 Å². The van der Waals surface area contributed by atoms with Gasteiger partial charge in [0.15, 0.2) is 0 Å². The molecule has 2 atom stereocenters. The Morgan fingerprint density at radius 2 is 2.00 bits per heavy atom. The van der Waals surface area contributed by atoms with E-state index in [1.807, 2.05) is 0 Å². The molecule has 2 aliphatic rings. The van der Waals surface area contributed by atoms with Crippen molar-refractivity contribution in [1.82, 2.24) is 10.3 Å². The van der Waals surface area contributed by atoms with Gasteiger partial charge in [0.1, 0.15) is 5.01 Å². The third kappa shape index (κ3) is 3.77. The van der Waals surface area contributed by atoms with Crippen LogP contribution in [0.15, 0.2) is 5.38 Å². The Morgan fingerprint density at radius 1 is 1.35 bits per heavy atom. The number of carbonyl (C=O) groups excluding carboxylic acids is 1. The normalized spacial score (nSPS) is 31.0. The zero-order chi connectivity index (χ0) is 16.6. The molecule has 0 saturated heterocycles. The summed E-state index contributed by atoms with van der Waals surface area (Å²) in [6, 6.07) is 0.320. The fourth-order valence-electron chi connectivity index (χ4n) is 4.05. The minimum absolute atomic E-state index is 0.0652. The molecule has 3 rings (SSSR count). The molecule has 0 spiro atoms. The molecule has 2 saturated carbocycles. The Bertz CT molecular complexity index is 549. The molecule has 1 amide bonds. The van der Waals surface area contributed by atoms with Gasteiger partial charge >= 0.3 is 0 Å². The van der Waals surface area contributed by atoms with E-state index in [9.17, 15) is 4.79 Å². The van der Waals surface area contributed by atoms with Gasteiger partial charge in [0.05, 0.1) is 12.2 Å². The summed E-state index contributed by atoms with van der Waals surface area (Å²) in [6.07, 6.45) is 5.61. The first kappa shape index (κ1) is 16.9. The number of hydrogen-bond donors (Lipinski definition) is 2. The molecule has 0 radical (unpaired) electrons. The first-order valence-electron chi connectivity index (χ1n) is 8.83. The molecule has 1 aromatic heterocycles. The average molecular weight is 336 g/mol. The molecule has 1 aromatic rings. The van der Waals surface area contributed by atoms with Gasteiger partial charge in [0, 0.05) is 22.8 Å². The fourth-order valence-corrected chi connectivity index (χ4v) is 5.01. The number of nitrogens with zero attached hydrogens (tertiary/aromatic N) is 1. The van der Waals surface area contributed by atoms with Crippen molar-refractivity contribution in [1.29, 1.82) is 0 Å².